The SMILES string of the molecule is CCN(C)c1ccc2c(c1)C(=O)c1cc(C)ccc1-2.O=CNCCCS. The summed E-state index contributed by atoms with van der Waals surface area (Å²) in [5, 5.41) is 2.52. The van der Waals surface area contributed by atoms with Crippen molar-refractivity contribution in [2.45, 2.75) is 20.3 Å². The number of fused-ring (bicyclic) bond motifs is 3. The number of anilines is 1. The van der Waals surface area contributed by atoms with Crippen LogP contribution in [0.2, 0.25) is 0 Å². The average Bonchev–Trinajstić information content (AvgIpc) is 2.93. The summed E-state index contributed by atoms with van der Waals surface area (Å²) in [4.78, 5) is 24.2. The summed E-state index contributed by atoms with van der Waals surface area (Å²) < 4.78 is 0. The number of aryl methyl sites for hydroxylation is 1. The maximum Gasteiger partial charge on any atom is 0.207 e. The molecule has 0 fully saturated rings. The topological polar surface area (TPSA) is 49.4 Å². The second kappa shape index (κ2) is 9.43. The molecule has 1 aliphatic rings. The molecule has 138 valence electrons. The Bertz CT molecular complexity index is 790. The van der Waals surface area contributed by atoms with Crippen LogP contribution in [0.15, 0.2) is 36.4 Å². The van der Waals surface area contributed by atoms with Crippen LogP contribution in [0.1, 0.15) is 34.8 Å². The van der Waals surface area contributed by atoms with E-state index in [9.17, 15) is 9.59 Å². The number of nitrogens with zero attached hydrogens (tertiary/aromatic N) is 1. The van der Waals surface area contributed by atoms with Crippen molar-refractivity contribution in [3.63, 3.8) is 0 Å². The summed E-state index contributed by atoms with van der Waals surface area (Å²) in [6.45, 7) is 5.80. The number of amides is 1. The lowest BCUT2D eigenvalue weighted by molar-refractivity contribution is -0.109. The maximum atomic E-state index is 12.5. The van der Waals surface area contributed by atoms with Crippen LogP contribution < -0.4 is 10.2 Å². The first kappa shape index (κ1) is 20.0. The molecule has 3 rings (SSSR count). The zero-order valence-corrected chi connectivity index (χ0v) is 16.5. The molecule has 0 spiro atoms. The Balaban J connectivity index is 0.000000298. The van der Waals surface area contributed by atoms with Gasteiger partial charge in [-0.25, -0.2) is 0 Å². The highest BCUT2D eigenvalue weighted by Crippen LogP contribution is 2.38. The van der Waals surface area contributed by atoms with Crippen molar-refractivity contribution in [1.82, 2.24) is 5.32 Å². The van der Waals surface area contributed by atoms with Crippen LogP contribution in [0.5, 0.6) is 0 Å². The molecule has 0 aliphatic heterocycles. The molecule has 0 radical (unpaired) electrons. The number of nitrogens with one attached hydrogen (secondary N) is 1. The van der Waals surface area contributed by atoms with E-state index in [4.69, 9.17) is 0 Å². The molecule has 1 aliphatic carbocycles. The van der Waals surface area contributed by atoms with Crippen molar-refractivity contribution in [2.75, 3.05) is 30.8 Å². The highest BCUT2D eigenvalue weighted by atomic mass is 32.1. The molecule has 0 saturated heterocycles. The van der Waals surface area contributed by atoms with Crippen molar-refractivity contribution >= 4 is 30.5 Å². The summed E-state index contributed by atoms with van der Waals surface area (Å²) in [6.07, 6.45) is 1.64. The van der Waals surface area contributed by atoms with E-state index in [1.807, 2.05) is 26.1 Å². The molecule has 0 aromatic heterocycles. The van der Waals surface area contributed by atoms with Crippen LogP contribution in [-0.4, -0.2) is 38.1 Å². The van der Waals surface area contributed by atoms with Gasteiger partial charge in [0.15, 0.2) is 5.78 Å². The largest absolute Gasteiger partial charge is 0.375 e. The second-order valence-corrected chi connectivity index (χ2v) is 6.72. The first-order valence-corrected chi connectivity index (χ1v) is 9.45. The molecular weight excluding hydrogens is 344 g/mol. The van der Waals surface area contributed by atoms with Crippen LogP contribution in [0.3, 0.4) is 0 Å². The van der Waals surface area contributed by atoms with Crippen molar-refractivity contribution in [3.8, 4) is 11.1 Å². The van der Waals surface area contributed by atoms with Gasteiger partial charge in [-0.05, 0) is 55.3 Å². The van der Waals surface area contributed by atoms with E-state index >= 15 is 0 Å². The molecule has 4 nitrogen and oxygen atoms in total. The van der Waals surface area contributed by atoms with Crippen LogP contribution in [0, 0.1) is 6.92 Å². The number of carbonyl (C=O) groups is 2. The summed E-state index contributed by atoms with van der Waals surface area (Å²) in [5.41, 5.74) is 6.03. The van der Waals surface area contributed by atoms with Gasteiger partial charge >= 0.3 is 0 Å². The lowest BCUT2D eigenvalue weighted by atomic mass is 10.0. The zero-order valence-electron chi connectivity index (χ0n) is 15.6. The number of thiol groups is 1. The lowest BCUT2D eigenvalue weighted by Gasteiger charge is -2.17. The van der Waals surface area contributed by atoms with Gasteiger partial charge in [0.25, 0.3) is 0 Å². The Morgan fingerprint density at radius 1 is 1.08 bits per heavy atom. The van der Waals surface area contributed by atoms with Gasteiger partial charge in [-0.2, -0.15) is 12.6 Å². The molecular formula is C21H26N2O2S. The number of hydrogen-bond donors (Lipinski definition) is 2. The van der Waals surface area contributed by atoms with Crippen LogP contribution in [0.4, 0.5) is 5.69 Å². The monoisotopic (exact) mass is 370 g/mol. The predicted molar refractivity (Wildman–Crippen MR) is 112 cm³/mol. The van der Waals surface area contributed by atoms with E-state index in [1.54, 1.807) is 0 Å². The minimum atomic E-state index is 0.153. The van der Waals surface area contributed by atoms with Gasteiger partial charge in [0.05, 0.1) is 0 Å². The minimum Gasteiger partial charge on any atom is -0.375 e. The average molecular weight is 371 g/mol. The number of carbonyl (C=O) groups excluding carboxylic acids is 2. The summed E-state index contributed by atoms with van der Waals surface area (Å²) in [5.74, 6) is 0.987. The Kier molecular flexibility index (Phi) is 7.27. The molecule has 2 aromatic carbocycles. The molecule has 0 unspecified atom stereocenters. The Labute approximate surface area is 161 Å². The number of ketones is 1. The Morgan fingerprint density at radius 2 is 1.73 bits per heavy atom. The second-order valence-electron chi connectivity index (χ2n) is 6.27. The van der Waals surface area contributed by atoms with E-state index in [2.05, 4.69) is 54.0 Å². The Hall–Kier alpha value is -2.27. The van der Waals surface area contributed by atoms with Gasteiger partial charge in [-0.3, -0.25) is 9.59 Å². The highest BCUT2D eigenvalue weighted by Gasteiger charge is 2.26. The first-order valence-electron chi connectivity index (χ1n) is 8.82. The standard InChI is InChI=1S/C17H17NO.C4H9NOS/c1-4-18(3)12-6-8-14-13-7-5-11(2)9-15(13)17(19)16(14)10-12;6-4-5-2-1-3-7/h5-10H,4H2,1-3H3;4,7H,1-3H2,(H,5,6). The van der Waals surface area contributed by atoms with Gasteiger partial charge < -0.3 is 10.2 Å². The molecule has 26 heavy (non-hydrogen) atoms. The molecule has 5 heteroatoms. The fourth-order valence-electron chi connectivity index (χ4n) is 2.84. The van der Waals surface area contributed by atoms with E-state index in [0.717, 1.165) is 58.8 Å². The van der Waals surface area contributed by atoms with Crippen molar-refractivity contribution in [1.29, 1.82) is 0 Å². The van der Waals surface area contributed by atoms with Crippen LogP contribution in [0.25, 0.3) is 11.1 Å². The smallest absolute Gasteiger partial charge is 0.207 e. The third kappa shape index (κ3) is 4.47. The minimum absolute atomic E-state index is 0.153. The van der Waals surface area contributed by atoms with Crippen molar-refractivity contribution < 1.29 is 9.59 Å². The van der Waals surface area contributed by atoms with E-state index in [0.29, 0.717) is 6.41 Å². The van der Waals surface area contributed by atoms with Crippen molar-refractivity contribution in [3.05, 3.63) is 53.1 Å². The number of hydrogen-bond acceptors (Lipinski definition) is 4. The molecule has 0 saturated carbocycles. The quantitative estimate of drug-likeness (QED) is 0.395. The first-order chi connectivity index (χ1) is 12.5. The molecule has 0 heterocycles. The molecule has 1 amide bonds. The fraction of sp³-hybridized carbons (Fsp3) is 0.333. The maximum absolute atomic E-state index is 12.5. The van der Waals surface area contributed by atoms with E-state index < -0.39 is 0 Å². The Morgan fingerprint density at radius 3 is 2.35 bits per heavy atom. The summed E-state index contributed by atoms with van der Waals surface area (Å²) >= 11 is 3.94. The van der Waals surface area contributed by atoms with E-state index in [1.165, 1.54) is 0 Å². The van der Waals surface area contributed by atoms with Crippen LogP contribution in [-0.2, 0) is 4.79 Å². The van der Waals surface area contributed by atoms with Gasteiger partial charge in [0.2, 0.25) is 6.41 Å². The summed E-state index contributed by atoms with van der Waals surface area (Å²) in [6, 6.07) is 12.3. The normalized spacial score (nSPS) is 11.2. The highest BCUT2D eigenvalue weighted by molar-refractivity contribution is 7.80. The van der Waals surface area contributed by atoms with Gasteiger partial charge in [-0.15, -0.1) is 0 Å². The molecule has 1 N–H and O–H groups in total. The predicted octanol–water partition coefficient (Wildman–Crippen LogP) is 3.71. The number of benzene rings is 2. The third-order valence-electron chi connectivity index (χ3n) is 4.44. The molecule has 0 atom stereocenters. The van der Waals surface area contributed by atoms with Crippen molar-refractivity contribution in [2.24, 2.45) is 0 Å². The molecule has 2 aromatic rings. The third-order valence-corrected chi connectivity index (χ3v) is 4.75. The van der Waals surface area contributed by atoms with Gasteiger partial charge in [-0.1, -0.05) is 23.8 Å². The summed E-state index contributed by atoms with van der Waals surface area (Å²) in [7, 11) is 2.04. The fourth-order valence-corrected chi connectivity index (χ4v) is 3.00. The molecule has 0 bridgehead atoms. The lowest BCUT2D eigenvalue weighted by Crippen LogP contribution is -2.16. The zero-order chi connectivity index (χ0) is 19.1. The van der Waals surface area contributed by atoms with Crippen LogP contribution >= 0.6 is 12.6 Å². The number of rotatable bonds is 6. The van der Waals surface area contributed by atoms with Gasteiger partial charge in [0.1, 0.15) is 0 Å². The van der Waals surface area contributed by atoms with E-state index in [-0.39, 0.29) is 5.78 Å². The van der Waals surface area contributed by atoms with Gasteiger partial charge in [0, 0.05) is 37.0 Å².